The van der Waals surface area contributed by atoms with Crippen molar-refractivity contribution in [3.05, 3.63) is 0 Å². The Balaban J connectivity index is 0. The minimum absolute atomic E-state index is 0. The van der Waals surface area contributed by atoms with Crippen LogP contribution in [0.3, 0.4) is 0 Å². The summed E-state index contributed by atoms with van der Waals surface area (Å²) in [6.07, 6.45) is 0. The molecule has 0 unspecified atom stereocenters. The van der Waals surface area contributed by atoms with E-state index in [9.17, 15) is 0 Å². The number of hydrogen-bond acceptors (Lipinski definition) is 0. The predicted octanol–water partition coefficient (Wildman–Crippen LogP) is -1.90. The van der Waals surface area contributed by atoms with Crippen molar-refractivity contribution < 1.29 is 0 Å². The average molecular weight is 245 g/mol. The van der Waals surface area contributed by atoms with Crippen LogP contribution >= 0.6 is 0 Å². The van der Waals surface area contributed by atoms with E-state index >= 15 is 0 Å². The van der Waals surface area contributed by atoms with Gasteiger partial charge in [0.05, 0.1) is 0 Å². The molecule has 0 spiro atoms. The summed E-state index contributed by atoms with van der Waals surface area (Å²) in [5.41, 5.74) is 0. The second-order valence-corrected chi connectivity index (χ2v) is 0. The molecule has 5 heavy (non-hydrogen) atoms. The van der Waals surface area contributed by atoms with Gasteiger partial charge in [0.1, 0.15) is 0 Å². The van der Waals surface area contributed by atoms with Crippen LogP contribution in [-0.4, -0.2) is 118 Å². The molecule has 0 amide bonds. The van der Waals surface area contributed by atoms with Gasteiger partial charge in [-0.3, -0.25) is 0 Å². The molecule has 0 saturated carbocycles. The molecule has 0 nitrogen and oxygen atoms in total. The van der Waals surface area contributed by atoms with Crippen LogP contribution in [-0.2, 0) is 0 Å². The van der Waals surface area contributed by atoms with Crippen LogP contribution in [0.2, 0.25) is 0 Å². The summed E-state index contributed by atoms with van der Waals surface area (Å²) in [6, 6.07) is 0. The van der Waals surface area contributed by atoms with Gasteiger partial charge in [-0.1, -0.05) is 0 Å². The summed E-state index contributed by atoms with van der Waals surface area (Å²) >= 11 is 0. The van der Waals surface area contributed by atoms with Gasteiger partial charge in [-0.15, -0.1) is 0 Å². The van der Waals surface area contributed by atoms with Gasteiger partial charge in [0.25, 0.3) is 0 Å². The van der Waals surface area contributed by atoms with Crippen molar-refractivity contribution in [2.75, 3.05) is 0 Å². The SMILES string of the molecule is [Al].[Al].[Al].[Al].[Ba]. The summed E-state index contributed by atoms with van der Waals surface area (Å²) < 4.78 is 0. The van der Waals surface area contributed by atoms with Crippen molar-refractivity contribution in [1.82, 2.24) is 0 Å². The normalized spacial score (nSPS) is 0. The van der Waals surface area contributed by atoms with E-state index in [4.69, 9.17) is 0 Å². The summed E-state index contributed by atoms with van der Waals surface area (Å²) in [5.74, 6) is 0. The molecule has 0 heterocycles. The molecule has 0 N–H and O–H groups in total. The van der Waals surface area contributed by atoms with Crippen molar-refractivity contribution in [3.63, 3.8) is 0 Å². The van der Waals surface area contributed by atoms with Crippen LogP contribution in [0.15, 0.2) is 0 Å². The van der Waals surface area contributed by atoms with Crippen molar-refractivity contribution >= 4 is 118 Å². The fourth-order valence-corrected chi connectivity index (χ4v) is 0. The van der Waals surface area contributed by atoms with E-state index in [0.717, 1.165) is 0 Å². The van der Waals surface area contributed by atoms with Gasteiger partial charge in [0.2, 0.25) is 0 Å². The molecule has 0 aliphatic carbocycles. The summed E-state index contributed by atoms with van der Waals surface area (Å²) in [4.78, 5) is 0. The zero-order valence-electron chi connectivity index (χ0n) is 3.02. The van der Waals surface area contributed by atoms with Gasteiger partial charge in [-0.25, -0.2) is 0 Å². The first-order chi connectivity index (χ1) is 0. The Hall–Kier alpha value is 3.70. The Labute approximate surface area is 115 Å². The van der Waals surface area contributed by atoms with E-state index in [1.807, 2.05) is 0 Å². The number of rotatable bonds is 0. The van der Waals surface area contributed by atoms with Gasteiger partial charge < -0.3 is 0 Å². The van der Waals surface area contributed by atoms with Crippen molar-refractivity contribution in [2.24, 2.45) is 0 Å². The molecule has 0 saturated heterocycles. The van der Waals surface area contributed by atoms with Crippen LogP contribution in [0.1, 0.15) is 0 Å². The second-order valence-electron chi connectivity index (χ2n) is 0. The zero-order chi connectivity index (χ0) is 0. The van der Waals surface area contributed by atoms with E-state index in [1.54, 1.807) is 0 Å². The zero-order valence-corrected chi connectivity index (χ0v) is 12.1. The van der Waals surface area contributed by atoms with E-state index in [2.05, 4.69) is 0 Å². The molecule has 0 aliphatic heterocycles. The molecule has 0 atom stereocenters. The van der Waals surface area contributed by atoms with Crippen LogP contribution in [0.5, 0.6) is 0 Å². The summed E-state index contributed by atoms with van der Waals surface area (Å²) in [6.45, 7) is 0. The fourth-order valence-electron chi connectivity index (χ4n) is 0. The first-order valence-electron chi connectivity index (χ1n) is 0. The topological polar surface area (TPSA) is 0 Å². The predicted molar refractivity (Wildman–Crippen MR) is 28.8 cm³/mol. The van der Waals surface area contributed by atoms with Crippen molar-refractivity contribution in [2.45, 2.75) is 0 Å². The molecule has 0 aromatic heterocycles. The molecule has 0 aliphatic rings. The maximum Gasteiger partial charge on any atom is 0 e. The Morgan fingerprint density at radius 3 is 0.400 bits per heavy atom. The smallest absolute Gasteiger partial charge is 0 e. The fraction of sp³-hybridized carbons (Fsp3) is 0. The van der Waals surface area contributed by atoms with Crippen LogP contribution in [0.25, 0.3) is 0 Å². The summed E-state index contributed by atoms with van der Waals surface area (Å²) in [7, 11) is 0. The molecule has 0 aromatic carbocycles. The average Bonchev–Trinajstić information content (AvgIpc) is 0. The summed E-state index contributed by atoms with van der Waals surface area (Å²) in [5, 5.41) is 0. The minimum Gasteiger partial charge on any atom is 0 e. The second kappa shape index (κ2) is 25.2. The Bertz CT molecular complexity index is 3.61. The third kappa shape index (κ3) is 18.3. The molecule has 0 rings (SSSR count). The Morgan fingerprint density at radius 1 is 0.400 bits per heavy atom. The van der Waals surface area contributed by atoms with Crippen molar-refractivity contribution in [1.29, 1.82) is 0 Å². The van der Waals surface area contributed by atoms with Crippen molar-refractivity contribution in [3.8, 4) is 0 Å². The number of hydrogen-bond donors (Lipinski definition) is 0. The van der Waals surface area contributed by atoms with Gasteiger partial charge >= 0.3 is 0 Å². The van der Waals surface area contributed by atoms with Gasteiger partial charge in [-0.2, -0.15) is 0 Å². The molecule has 5 heteroatoms. The Morgan fingerprint density at radius 2 is 0.400 bits per heavy atom. The molecular formula is Al4Ba. The first kappa shape index (κ1) is 37.7. The van der Waals surface area contributed by atoms with E-state index in [1.165, 1.54) is 0 Å². The third-order valence-electron chi connectivity index (χ3n) is 0. The van der Waals surface area contributed by atoms with E-state index < -0.39 is 0 Å². The third-order valence-corrected chi connectivity index (χ3v) is 0. The van der Waals surface area contributed by atoms with Crippen LogP contribution in [0.4, 0.5) is 0 Å². The van der Waals surface area contributed by atoms with Gasteiger partial charge in [0, 0.05) is 118 Å². The molecule has 0 bridgehead atoms. The monoisotopic (exact) mass is 246 g/mol. The molecule has 14 valence electrons. The molecule has 14 radical (unpaired) electrons. The molecule has 0 fully saturated rings. The maximum atomic E-state index is 0. The Kier molecular flexibility index (Phi) is 190. The van der Waals surface area contributed by atoms with Crippen LogP contribution < -0.4 is 0 Å². The minimum atomic E-state index is 0. The maximum absolute atomic E-state index is 0. The molecular weight excluding hydrogens is 245 g/mol. The van der Waals surface area contributed by atoms with Crippen LogP contribution in [0, 0.1) is 0 Å². The van der Waals surface area contributed by atoms with Gasteiger partial charge in [0.15, 0.2) is 0 Å². The first-order valence-corrected chi connectivity index (χ1v) is 0. The quantitative estimate of drug-likeness (QED) is 0.437. The largest absolute Gasteiger partial charge is 0 e. The van der Waals surface area contributed by atoms with Gasteiger partial charge in [-0.05, 0) is 0 Å². The van der Waals surface area contributed by atoms with E-state index in [0.29, 0.717) is 0 Å². The standard InChI is InChI=1S/4Al.Ba. The molecule has 0 aromatic rings. The van der Waals surface area contributed by atoms with E-state index in [-0.39, 0.29) is 118 Å².